The van der Waals surface area contributed by atoms with Gasteiger partial charge in [0.1, 0.15) is 6.26 Å². The van der Waals surface area contributed by atoms with E-state index in [0.29, 0.717) is 17.0 Å². The molecule has 4 aromatic rings. The van der Waals surface area contributed by atoms with Crippen molar-refractivity contribution in [2.45, 2.75) is 20.4 Å². The van der Waals surface area contributed by atoms with Gasteiger partial charge in [-0.25, -0.2) is 0 Å². The molecule has 4 rings (SSSR count). The van der Waals surface area contributed by atoms with E-state index in [2.05, 4.69) is 46.6 Å². The number of carbonyl (C=O) groups excluding carboxylic acids is 1. The Balaban J connectivity index is 1.62. The summed E-state index contributed by atoms with van der Waals surface area (Å²) in [6, 6.07) is 11.6. The third-order valence-corrected chi connectivity index (χ3v) is 4.32. The highest BCUT2D eigenvalue weighted by molar-refractivity contribution is 5.93. The normalized spacial score (nSPS) is 11.0. The van der Waals surface area contributed by atoms with Crippen LogP contribution in [-0.2, 0) is 6.54 Å². The Hall–Kier alpha value is -3.48. The molecule has 0 aliphatic heterocycles. The molecule has 7 nitrogen and oxygen atoms in total. The largest absolute Gasteiger partial charge is 0.472 e. The molecule has 130 valence electrons. The van der Waals surface area contributed by atoms with Crippen LogP contribution in [0.25, 0.3) is 16.9 Å². The van der Waals surface area contributed by atoms with E-state index < -0.39 is 0 Å². The monoisotopic (exact) mass is 347 g/mol. The molecule has 26 heavy (non-hydrogen) atoms. The molecule has 0 atom stereocenters. The number of hydrogen-bond donors (Lipinski definition) is 1. The molecule has 0 fully saturated rings. The molecule has 0 spiro atoms. The van der Waals surface area contributed by atoms with Crippen LogP contribution in [0.1, 0.15) is 27.3 Å². The molecule has 1 amide bonds. The second-order valence-corrected chi connectivity index (χ2v) is 6.10. The van der Waals surface area contributed by atoms with E-state index in [9.17, 15) is 4.79 Å². The van der Waals surface area contributed by atoms with Crippen molar-refractivity contribution in [1.82, 2.24) is 25.1 Å². The third kappa shape index (κ3) is 2.95. The van der Waals surface area contributed by atoms with Crippen molar-refractivity contribution in [1.29, 1.82) is 0 Å². The minimum absolute atomic E-state index is 0.217. The fourth-order valence-corrected chi connectivity index (χ4v) is 2.65. The molecule has 0 radical (unpaired) electrons. The van der Waals surface area contributed by atoms with Gasteiger partial charge in [-0.2, -0.15) is 9.61 Å². The van der Waals surface area contributed by atoms with Crippen LogP contribution in [0.3, 0.4) is 0 Å². The zero-order chi connectivity index (χ0) is 18.1. The maximum Gasteiger partial charge on any atom is 0.254 e. The van der Waals surface area contributed by atoms with E-state index in [0.717, 1.165) is 11.3 Å². The first-order chi connectivity index (χ1) is 12.6. The summed E-state index contributed by atoms with van der Waals surface area (Å²) in [4.78, 5) is 12.0. The highest BCUT2D eigenvalue weighted by atomic mass is 16.3. The minimum Gasteiger partial charge on any atom is -0.472 e. The highest BCUT2D eigenvalue weighted by Crippen LogP contribution is 2.20. The van der Waals surface area contributed by atoms with Gasteiger partial charge in [0.15, 0.2) is 11.5 Å². The zero-order valence-electron chi connectivity index (χ0n) is 14.4. The standard InChI is InChI=1S/C19H17N5O2/c1-12-3-4-14(9-13(12)2)16-5-6-17-21-22-18(24(17)23-16)10-20-19(25)15-7-8-26-11-15/h3-9,11H,10H2,1-2H3,(H,20,25). The Bertz CT molecular complexity index is 1080. The van der Waals surface area contributed by atoms with E-state index >= 15 is 0 Å². The summed E-state index contributed by atoms with van der Waals surface area (Å²) in [5, 5.41) is 15.7. The number of benzene rings is 1. The zero-order valence-corrected chi connectivity index (χ0v) is 14.4. The molecule has 7 heteroatoms. The van der Waals surface area contributed by atoms with Crippen molar-refractivity contribution in [2.75, 3.05) is 0 Å². The molecular formula is C19H17N5O2. The molecule has 3 aromatic heterocycles. The number of aryl methyl sites for hydroxylation is 2. The van der Waals surface area contributed by atoms with E-state index in [1.165, 1.54) is 23.7 Å². The highest BCUT2D eigenvalue weighted by Gasteiger charge is 2.12. The van der Waals surface area contributed by atoms with Crippen LogP contribution in [0.2, 0.25) is 0 Å². The van der Waals surface area contributed by atoms with Gasteiger partial charge in [-0.05, 0) is 49.2 Å². The van der Waals surface area contributed by atoms with Crippen LogP contribution in [-0.4, -0.2) is 25.7 Å². The summed E-state index contributed by atoms with van der Waals surface area (Å²) in [5.41, 5.74) is 5.38. The van der Waals surface area contributed by atoms with Gasteiger partial charge < -0.3 is 9.73 Å². The van der Waals surface area contributed by atoms with Crippen molar-refractivity contribution >= 4 is 11.6 Å². The lowest BCUT2D eigenvalue weighted by Crippen LogP contribution is -2.23. The lowest BCUT2D eigenvalue weighted by atomic mass is 10.0. The van der Waals surface area contributed by atoms with Crippen molar-refractivity contribution in [2.24, 2.45) is 0 Å². The quantitative estimate of drug-likeness (QED) is 0.613. The van der Waals surface area contributed by atoms with Crippen LogP contribution < -0.4 is 5.32 Å². The SMILES string of the molecule is Cc1ccc(-c2ccc3nnc(CNC(=O)c4ccoc4)n3n2)cc1C. The van der Waals surface area contributed by atoms with E-state index in [1.54, 1.807) is 10.6 Å². The number of furan rings is 1. The maximum absolute atomic E-state index is 12.0. The maximum atomic E-state index is 12.0. The Morgan fingerprint density at radius 3 is 2.77 bits per heavy atom. The third-order valence-electron chi connectivity index (χ3n) is 4.32. The van der Waals surface area contributed by atoms with E-state index in [-0.39, 0.29) is 12.5 Å². The van der Waals surface area contributed by atoms with Crippen molar-refractivity contribution < 1.29 is 9.21 Å². The average molecular weight is 347 g/mol. The second kappa shape index (κ2) is 6.44. The predicted octanol–water partition coefficient (Wildman–Crippen LogP) is 2.93. The first-order valence-corrected chi connectivity index (χ1v) is 8.21. The molecule has 0 unspecified atom stereocenters. The molecule has 0 aliphatic rings. The van der Waals surface area contributed by atoms with E-state index in [1.807, 2.05) is 18.2 Å². The van der Waals surface area contributed by atoms with Crippen molar-refractivity contribution in [3.05, 3.63) is 71.4 Å². The fourth-order valence-electron chi connectivity index (χ4n) is 2.65. The lowest BCUT2D eigenvalue weighted by molar-refractivity contribution is 0.0949. The number of hydrogen-bond acceptors (Lipinski definition) is 5. The van der Waals surface area contributed by atoms with Crippen LogP contribution in [0.4, 0.5) is 0 Å². The van der Waals surface area contributed by atoms with Gasteiger partial charge in [-0.1, -0.05) is 12.1 Å². The number of nitrogens with zero attached hydrogens (tertiary/aromatic N) is 4. The van der Waals surface area contributed by atoms with Crippen LogP contribution >= 0.6 is 0 Å². The molecule has 0 saturated heterocycles. The second-order valence-electron chi connectivity index (χ2n) is 6.10. The lowest BCUT2D eigenvalue weighted by Gasteiger charge is -2.06. The first-order valence-electron chi connectivity index (χ1n) is 8.21. The summed E-state index contributed by atoms with van der Waals surface area (Å²) in [5.74, 6) is 0.323. The number of carbonyl (C=O) groups is 1. The number of rotatable bonds is 4. The number of fused-ring (bicyclic) bond motifs is 1. The smallest absolute Gasteiger partial charge is 0.254 e. The molecule has 0 aliphatic carbocycles. The molecule has 1 aromatic carbocycles. The molecular weight excluding hydrogens is 330 g/mol. The van der Waals surface area contributed by atoms with Crippen LogP contribution in [0.5, 0.6) is 0 Å². The van der Waals surface area contributed by atoms with Crippen molar-refractivity contribution in [3.63, 3.8) is 0 Å². The summed E-state index contributed by atoms with van der Waals surface area (Å²) in [6.45, 7) is 4.37. The molecule has 0 bridgehead atoms. The van der Waals surface area contributed by atoms with Gasteiger partial charge in [0, 0.05) is 5.56 Å². The van der Waals surface area contributed by atoms with E-state index in [4.69, 9.17) is 4.42 Å². The Kier molecular flexibility index (Phi) is 3.96. The van der Waals surface area contributed by atoms with Gasteiger partial charge in [0.05, 0.1) is 24.1 Å². The molecule has 3 heterocycles. The predicted molar refractivity (Wildman–Crippen MR) is 95.6 cm³/mol. The number of nitrogens with one attached hydrogen (secondary N) is 1. The van der Waals surface area contributed by atoms with Crippen molar-refractivity contribution in [3.8, 4) is 11.3 Å². The number of aromatic nitrogens is 4. The Morgan fingerprint density at radius 1 is 1.12 bits per heavy atom. The Labute approximate surface area is 149 Å². The molecule has 1 N–H and O–H groups in total. The minimum atomic E-state index is -0.235. The van der Waals surface area contributed by atoms with Gasteiger partial charge in [-0.3, -0.25) is 4.79 Å². The summed E-state index contributed by atoms with van der Waals surface area (Å²) in [6.07, 6.45) is 2.85. The van der Waals surface area contributed by atoms with Gasteiger partial charge in [-0.15, -0.1) is 10.2 Å². The Morgan fingerprint density at radius 2 is 2.00 bits per heavy atom. The topological polar surface area (TPSA) is 85.3 Å². The fraction of sp³-hybridized carbons (Fsp3) is 0.158. The number of amides is 1. The summed E-state index contributed by atoms with van der Waals surface area (Å²) < 4.78 is 6.57. The van der Waals surface area contributed by atoms with Crippen LogP contribution in [0, 0.1) is 13.8 Å². The van der Waals surface area contributed by atoms with Crippen LogP contribution in [0.15, 0.2) is 53.3 Å². The summed E-state index contributed by atoms with van der Waals surface area (Å²) >= 11 is 0. The summed E-state index contributed by atoms with van der Waals surface area (Å²) in [7, 11) is 0. The molecule has 0 saturated carbocycles. The van der Waals surface area contributed by atoms with Gasteiger partial charge in [0.25, 0.3) is 5.91 Å². The van der Waals surface area contributed by atoms with Gasteiger partial charge >= 0.3 is 0 Å². The van der Waals surface area contributed by atoms with Gasteiger partial charge in [0.2, 0.25) is 0 Å². The average Bonchev–Trinajstić information content (AvgIpc) is 3.31. The first kappa shape index (κ1) is 16.0.